The van der Waals surface area contributed by atoms with E-state index in [0.717, 1.165) is 12.7 Å². The highest BCUT2D eigenvalue weighted by atomic mass is 16.1. The normalized spacial score (nSPS) is 16.2. The van der Waals surface area contributed by atoms with Crippen molar-refractivity contribution in [1.29, 1.82) is 5.41 Å². The Balaban J connectivity index is 3.77. The Bertz CT molecular complexity index is 93.1. The smallest absolute Gasteiger partial charge is 0.128 e. The number of hydrogen-bond donors (Lipinski definition) is 1. The lowest BCUT2D eigenvalue weighted by molar-refractivity contribution is -0.110. The van der Waals surface area contributed by atoms with Crippen molar-refractivity contribution in [3.63, 3.8) is 0 Å². The molecular formula is C7H13NO. The number of carbonyl (C=O) groups excluding carboxylic acids is 1. The van der Waals surface area contributed by atoms with Crippen LogP contribution in [-0.2, 0) is 4.79 Å². The maximum Gasteiger partial charge on any atom is 0.128 e. The van der Waals surface area contributed by atoms with E-state index in [9.17, 15) is 4.79 Å². The SMILES string of the molecule is CCC(C)C(C=N)C=O. The molecule has 2 unspecified atom stereocenters. The summed E-state index contributed by atoms with van der Waals surface area (Å²) in [5.41, 5.74) is 0. The minimum Gasteiger partial charge on any atom is -0.312 e. The molecule has 0 bridgehead atoms. The van der Waals surface area contributed by atoms with E-state index in [4.69, 9.17) is 5.41 Å². The number of nitrogens with one attached hydrogen (secondary N) is 1. The first kappa shape index (κ1) is 8.34. The minimum absolute atomic E-state index is 0.171. The summed E-state index contributed by atoms with van der Waals surface area (Å²) in [7, 11) is 0. The van der Waals surface area contributed by atoms with E-state index < -0.39 is 0 Å². The number of carbonyl (C=O) groups is 1. The summed E-state index contributed by atoms with van der Waals surface area (Å²) in [5.74, 6) is 0.148. The first-order chi connectivity index (χ1) is 4.26. The van der Waals surface area contributed by atoms with Gasteiger partial charge in [0, 0.05) is 6.21 Å². The average Bonchev–Trinajstić information content (AvgIpc) is 1.90. The Morgan fingerprint density at radius 2 is 2.22 bits per heavy atom. The second kappa shape index (κ2) is 4.24. The van der Waals surface area contributed by atoms with Crippen LogP contribution in [0.1, 0.15) is 20.3 Å². The van der Waals surface area contributed by atoms with Crippen molar-refractivity contribution in [2.24, 2.45) is 11.8 Å². The van der Waals surface area contributed by atoms with Crippen molar-refractivity contribution in [2.45, 2.75) is 20.3 Å². The average molecular weight is 127 g/mol. The van der Waals surface area contributed by atoms with Crippen molar-refractivity contribution in [1.82, 2.24) is 0 Å². The molecule has 0 saturated carbocycles. The molecule has 0 aromatic rings. The molecule has 0 aromatic carbocycles. The lowest BCUT2D eigenvalue weighted by Crippen LogP contribution is -2.12. The molecule has 0 aliphatic rings. The standard InChI is InChI=1S/C7H13NO/c1-3-6(2)7(4-8)5-9/h4-8H,3H2,1-2H3. The van der Waals surface area contributed by atoms with Crippen LogP contribution < -0.4 is 0 Å². The predicted octanol–water partition coefficient (Wildman–Crippen LogP) is 1.50. The van der Waals surface area contributed by atoms with E-state index >= 15 is 0 Å². The van der Waals surface area contributed by atoms with Gasteiger partial charge in [-0.3, -0.25) is 0 Å². The van der Waals surface area contributed by atoms with E-state index in [2.05, 4.69) is 0 Å². The van der Waals surface area contributed by atoms with Crippen molar-refractivity contribution in [3.8, 4) is 0 Å². The van der Waals surface area contributed by atoms with E-state index in [1.807, 2.05) is 13.8 Å². The summed E-state index contributed by atoms with van der Waals surface area (Å²) in [6.45, 7) is 3.99. The first-order valence-corrected chi connectivity index (χ1v) is 3.22. The van der Waals surface area contributed by atoms with Crippen LogP contribution >= 0.6 is 0 Å². The number of rotatable bonds is 4. The van der Waals surface area contributed by atoms with Gasteiger partial charge in [0.1, 0.15) is 6.29 Å². The summed E-state index contributed by atoms with van der Waals surface area (Å²) in [4.78, 5) is 10.2. The zero-order valence-electron chi connectivity index (χ0n) is 5.92. The first-order valence-electron chi connectivity index (χ1n) is 3.22. The zero-order valence-corrected chi connectivity index (χ0v) is 5.92. The van der Waals surface area contributed by atoms with Gasteiger partial charge in [-0.15, -0.1) is 0 Å². The molecule has 0 spiro atoms. The monoisotopic (exact) mass is 127 g/mol. The van der Waals surface area contributed by atoms with E-state index in [0.29, 0.717) is 5.92 Å². The highest BCUT2D eigenvalue weighted by Crippen LogP contribution is 2.09. The third-order valence-electron chi connectivity index (χ3n) is 1.65. The van der Waals surface area contributed by atoms with Crippen LogP contribution in [0.5, 0.6) is 0 Å². The molecule has 2 nitrogen and oxygen atoms in total. The van der Waals surface area contributed by atoms with Crippen LogP contribution in [0.3, 0.4) is 0 Å². The third-order valence-corrected chi connectivity index (χ3v) is 1.65. The Kier molecular flexibility index (Phi) is 3.93. The van der Waals surface area contributed by atoms with Gasteiger partial charge < -0.3 is 10.2 Å². The topological polar surface area (TPSA) is 40.9 Å². The van der Waals surface area contributed by atoms with Gasteiger partial charge in [-0.2, -0.15) is 0 Å². The maximum absolute atomic E-state index is 10.2. The molecular weight excluding hydrogens is 114 g/mol. The van der Waals surface area contributed by atoms with E-state index in [1.54, 1.807) is 0 Å². The molecule has 0 amide bonds. The third kappa shape index (κ3) is 2.40. The van der Waals surface area contributed by atoms with Crippen molar-refractivity contribution in [3.05, 3.63) is 0 Å². The largest absolute Gasteiger partial charge is 0.312 e. The molecule has 0 aliphatic heterocycles. The van der Waals surface area contributed by atoms with Crippen LogP contribution in [0.4, 0.5) is 0 Å². The van der Waals surface area contributed by atoms with Gasteiger partial charge in [0.15, 0.2) is 0 Å². The number of hydrogen-bond acceptors (Lipinski definition) is 2. The molecule has 9 heavy (non-hydrogen) atoms. The van der Waals surface area contributed by atoms with Gasteiger partial charge in [0.25, 0.3) is 0 Å². The molecule has 52 valence electrons. The molecule has 0 aromatic heterocycles. The van der Waals surface area contributed by atoms with Crippen molar-refractivity contribution >= 4 is 12.5 Å². The van der Waals surface area contributed by atoms with Crippen molar-refractivity contribution < 1.29 is 4.79 Å². The molecule has 0 radical (unpaired) electrons. The summed E-state index contributed by atoms with van der Waals surface area (Å²) < 4.78 is 0. The fourth-order valence-electron chi connectivity index (χ4n) is 0.610. The highest BCUT2D eigenvalue weighted by Gasteiger charge is 2.10. The second-order valence-corrected chi connectivity index (χ2v) is 2.27. The predicted molar refractivity (Wildman–Crippen MR) is 37.8 cm³/mol. The lowest BCUT2D eigenvalue weighted by atomic mass is 9.94. The van der Waals surface area contributed by atoms with Crippen LogP contribution in [0.2, 0.25) is 0 Å². The highest BCUT2D eigenvalue weighted by molar-refractivity contribution is 5.79. The molecule has 0 heterocycles. The Hall–Kier alpha value is -0.660. The maximum atomic E-state index is 10.2. The Morgan fingerprint density at radius 3 is 2.33 bits per heavy atom. The van der Waals surface area contributed by atoms with Crippen LogP contribution in [0.15, 0.2) is 0 Å². The molecule has 0 rings (SSSR count). The van der Waals surface area contributed by atoms with Crippen LogP contribution in [0, 0.1) is 17.2 Å². The second-order valence-electron chi connectivity index (χ2n) is 2.27. The minimum atomic E-state index is -0.171. The molecule has 0 fully saturated rings. The Labute approximate surface area is 55.8 Å². The van der Waals surface area contributed by atoms with Crippen molar-refractivity contribution in [2.75, 3.05) is 0 Å². The van der Waals surface area contributed by atoms with Gasteiger partial charge in [0.05, 0.1) is 5.92 Å². The zero-order chi connectivity index (χ0) is 7.28. The molecule has 2 atom stereocenters. The summed E-state index contributed by atoms with van der Waals surface area (Å²) in [5, 5.41) is 6.84. The fourth-order valence-corrected chi connectivity index (χ4v) is 0.610. The molecule has 0 saturated heterocycles. The van der Waals surface area contributed by atoms with Gasteiger partial charge in [-0.25, -0.2) is 0 Å². The Morgan fingerprint density at radius 1 is 1.67 bits per heavy atom. The van der Waals surface area contributed by atoms with Crippen LogP contribution in [0.25, 0.3) is 0 Å². The summed E-state index contributed by atoms with van der Waals surface area (Å²) in [6, 6.07) is 0. The summed E-state index contributed by atoms with van der Waals surface area (Å²) >= 11 is 0. The lowest BCUT2D eigenvalue weighted by Gasteiger charge is -2.09. The molecule has 0 aliphatic carbocycles. The number of aldehydes is 1. The van der Waals surface area contributed by atoms with E-state index in [-0.39, 0.29) is 5.92 Å². The summed E-state index contributed by atoms with van der Waals surface area (Å²) in [6.07, 6.45) is 3.00. The van der Waals surface area contributed by atoms with E-state index in [1.165, 1.54) is 6.21 Å². The molecule has 2 heteroatoms. The molecule has 1 N–H and O–H groups in total. The van der Waals surface area contributed by atoms with Gasteiger partial charge in [0.2, 0.25) is 0 Å². The fraction of sp³-hybridized carbons (Fsp3) is 0.714. The van der Waals surface area contributed by atoms with Gasteiger partial charge in [-0.05, 0) is 5.92 Å². The van der Waals surface area contributed by atoms with Crippen LogP contribution in [-0.4, -0.2) is 12.5 Å². The van der Waals surface area contributed by atoms with Gasteiger partial charge >= 0.3 is 0 Å². The van der Waals surface area contributed by atoms with Gasteiger partial charge in [-0.1, -0.05) is 20.3 Å². The quantitative estimate of drug-likeness (QED) is 0.451.